The number of ketones is 2. The molecule has 0 unspecified atom stereocenters. The van der Waals surface area contributed by atoms with Gasteiger partial charge in [0.05, 0.1) is 71.7 Å². The van der Waals surface area contributed by atoms with Gasteiger partial charge in [0.15, 0.2) is 11.6 Å². The van der Waals surface area contributed by atoms with Gasteiger partial charge in [-0.05, 0) is 139 Å². The summed E-state index contributed by atoms with van der Waals surface area (Å²) in [6.45, 7) is 8.07. The summed E-state index contributed by atoms with van der Waals surface area (Å²) in [6.07, 6.45) is 11.6. The summed E-state index contributed by atoms with van der Waals surface area (Å²) in [7, 11) is -1.34. The number of nitrogens with one attached hydrogen (secondary N) is 1. The molecule has 14 aromatic rings. The number of aromatic carboxylic acids is 1. The van der Waals surface area contributed by atoms with Crippen molar-refractivity contribution in [2.45, 2.75) is 51.4 Å². The molecule has 10 heterocycles. The third-order valence-electron chi connectivity index (χ3n) is 20.2. The summed E-state index contributed by atoms with van der Waals surface area (Å²) in [6, 6.07) is 72.1. The van der Waals surface area contributed by atoms with Crippen LogP contribution in [0.3, 0.4) is 0 Å². The monoisotopic (exact) mass is 1720 g/mol. The van der Waals surface area contributed by atoms with Gasteiger partial charge in [0.2, 0.25) is 11.6 Å². The number of halogens is 1. The number of nitrogens with two attached hydrogens (primary N) is 2. The number of carboxylic acid groups (broad SMARTS) is 1. The highest BCUT2D eigenvalue weighted by atomic mass is 79.9. The van der Waals surface area contributed by atoms with Gasteiger partial charge in [-0.2, -0.15) is 0 Å². The molecule has 622 valence electrons. The molecule has 7 aromatic heterocycles. The van der Waals surface area contributed by atoms with Crippen molar-refractivity contribution >= 4 is 130 Å². The lowest BCUT2D eigenvalue weighted by Crippen LogP contribution is -2.43. The first-order valence-electron chi connectivity index (χ1n) is 39.3. The first-order valence-corrected chi connectivity index (χ1v) is 40.1. The number of nitro groups is 4. The van der Waals surface area contributed by atoms with Crippen LogP contribution in [0.4, 0.5) is 51.4 Å². The first-order chi connectivity index (χ1) is 59.5. The maximum Gasteiger partial charge on any atom is 0.488 e. The lowest BCUT2D eigenvalue weighted by molar-refractivity contribution is -0.386. The molecule has 0 bridgehead atoms. The summed E-state index contributed by atoms with van der Waals surface area (Å²) in [5.74, 6) is -1.60. The molecular formula is C90H83BBrN17O14. The van der Waals surface area contributed by atoms with Crippen LogP contribution < -0.4 is 36.9 Å². The van der Waals surface area contributed by atoms with Crippen LogP contribution in [0, 0.1) is 40.5 Å². The number of hydrogen-bond donors (Lipinski definition) is 6. The zero-order chi connectivity index (χ0) is 86.9. The zero-order valence-electron chi connectivity index (χ0n) is 66.3. The SMILES string of the molecule is Nc1nc(-c2ccccc2)ccc1[N+](=O)[O-].Nc1nc(Br)ccc1[N+](=O)[O-].O=C(Cc1nc(-c2ccccc2)ccc1[N+](=O)[O-])c1cnc2cc(N3CCCCC3)ccc2c1.O=C(Cc1nc(-c2ccccc2)ccc1[N+](=O)[O-])c1cnc2cc(N3CCNCC3)ccc2c1.O=C(O)c1cnc2cc(N3CCCCC3)ccc2c1.OB(O)c1ccccc1. The number of pyridine rings is 7. The fourth-order valence-electron chi connectivity index (χ4n) is 13.8. The smallest absolute Gasteiger partial charge is 0.478 e. The molecule has 0 amide bonds. The number of hydrogen-bond acceptors (Lipinski definition) is 26. The summed E-state index contributed by atoms with van der Waals surface area (Å²) in [4.78, 5) is 116. The Bertz CT molecular complexity index is 5910. The number of aromatic nitrogens is 7. The van der Waals surface area contributed by atoms with Crippen molar-refractivity contribution in [1.29, 1.82) is 0 Å². The molecule has 8 N–H and O–H groups in total. The number of piperidine rings is 2. The van der Waals surface area contributed by atoms with Gasteiger partial charge in [-0.1, -0.05) is 140 Å². The van der Waals surface area contributed by atoms with E-state index in [9.17, 15) is 54.8 Å². The maximum atomic E-state index is 13.1. The second kappa shape index (κ2) is 42.2. The van der Waals surface area contributed by atoms with Crippen LogP contribution in [-0.2, 0) is 12.8 Å². The van der Waals surface area contributed by atoms with Gasteiger partial charge < -0.3 is 46.6 Å². The number of anilines is 5. The van der Waals surface area contributed by atoms with Crippen LogP contribution in [0.15, 0.2) is 266 Å². The highest BCUT2D eigenvalue weighted by Gasteiger charge is 2.25. The fourth-order valence-corrected chi connectivity index (χ4v) is 14.1. The Morgan fingerprint density at radius 2 is 0.732 bits per heavy atom. The van der Waals surface area contributed by atoms with Crippen LogP contribution >= 0.6 is 15.9 Å². The van der Waals surface area contributed by atoms with E-state index in [2.05, 4.69) is 89.0 Å². The van der Waals surface area contributed by atoms with Crippen LogP contribution in [0.5, 0.6) is 0 Å². The van der Waals surface area contributed by atoms with Crippen molar-refractivity contribution in [3.63, 3.8) is 0 Å². The van der Waals surface area contributed by atoms with E-state index in [4.69, 9.17) is 26.6 Å². The van der Waals surface area contributed by atoms with Crippen LogP contribution in [0.25, 0.3) is 66.5 Å². The van der Waals surface area contributed by atoms with Gasteiger partial charge in [-0.25, -0.2) is 24.7 Å². The van der Waals surface area contributed by atoms with Crippen molar-refractivity contribution in [2.75, 3.05) is 78.5 Å². The normalized spacial score (nSPS) is 12.8. The number of benzene rings is 7. The van der Waals surface area contributed by atoms with E-state index in [0.29, 0.717) is 38.3 Å². The van der Waals surface area contributed by atoms with Gasteiger partial charge in [0.25, 0.3) is 11.4 Å². The number of fused-ring (bicyclic) bond motifs is 3. The minimum Gasteiger partial charge on any atom is -0.478 e. The zero-order valence-corrected chi connectivity index (χ0v) is 67.9. The Morgan fingerprint density at radius 1 is 0.398 bits per heavy atom. The standard InChI is InChI=1S/C27H24N4O3.C26H23N5O3.C15H16N2O2.C11H9N3O2.C6H7BO2.C5H4BrN3O2/c32-27(17-25-26(31(33)34)12-11-23(29-25)19-7-3-1-4-8-19)21-15-20-9-10-22(16-24(20)28-18-21)30-13-5-2-6-14-30;32-26(16-24-25(31(33)34)9-8-22(29-24)18-4-2-1-3-5-18)20-14-19-6-7-21(15-23(19)28-17-20)30-12-10-27-11-13-30;18-15(19)12-8-11-4-5-13(9-14(11)16-10-12)17-6-2-1-3-7-17;12-11-10(14(15)16)7-6-9(13-11)8-4-2-1-3-5-8;8-7(9)6-4-2-1-3-5-6;6-4-2-1-3(9(10)11)5(7)8-4/h1,3-4,7-12,15-16,18H,2,5-6,13-14,17H2;1-9,14-15,17,27H,10-13,16H2;4-5,8-10H,1-3,6-7H2,(H,18,19);1-7H,(H2,12,13);1-5,8-9H;1-2H,(H2,7,8). The van der Waals surface area contributed by atoms with E-state index >= 15 is 0 Å². The number of rotatable bonds is 18. The Balaban J connectivity index is 0.000000143. The van der Waals surface area contributed by atoms with Gasteiger partial charge >= 0.3 is 24.5 Å². The highest BCUT2D eigenvalue weighted by molar-refractivity contribution is 9.10. The van der Waals surface area contributed by atoms with Crippen LogP contribution in [0.2, 0.25) is 0 Å². The Morgan fingerprint density at radius 3 is 1.08 bits per heavy atom. The van der Waals surface area contributed by atoms with E-state index in [0.717, 1.165) is 113 Å². The molecule has 0 spiro atoms. The van der Waals surface area contributed by atoms with E-state index in [1.165, 1.54) is 80.7 Å². The number of Topliss-reactive ketones (excluding diaryl/α,β-unsaturated/α-hetero) is 2. The minimum atomic E-state index is -1.34. The second-order valence-electron chi connectivity index (χ2n) is 28.5. The molecule has 31 nitrogen and oxygen atoms in total. The molecule has 3 aliphatic heterocycles. The van der Waals surface area contributed by atoms with E-state index in [1.54, 1.807) is 73.1 Å². The molecule has 0 radical (unpaired) electrons. The van der Waals surface area contributed by atoms with E-state index in [1.807, 2.05) is 133 Å². The molecule has 123 heavy (non-hydrogen) atoms. The van der Waals surface area contributed by atoms with Crippen molar-refractivity contribution in [2.24, 2.45) is 0 Å². The average molecular weight is 1720 g/mol. The average Bonchev–Trinajstić information content (AvgIpc) is 0.809. The van der Waals surface area contributed by atoms with Crippen molar-refractivity contribution in [3.05, 3.63) is 334 Å². The molecule has 0 aliphatic carbocycles. The number of piperazine rings is 1. The van der Waals surface area contributed by atoms with Gasteiger partial charge in [0.1, 0.15) is 16.0 Å². The molecule has 3 aliphatic rings. The molecular weight excluding hydrogens is 1630 g/mol. The number of carboxylic acids is 1. The van der Waals surface area contributed by atoms with Crippen molar-refractivity contribution < 1.29 is 49.2 Å². The number of carbonyl (C=O) groups is 3. The van der Waals surface area contributed by atoms with Gasteiger partial charge in [0, 0.05) is 156 Å². The van der Waals surface area contributed by atoms with Gasteiger partial charge in [-0.3, -0.25) is 65.0 Å². The molecule has 3 saturated heterocycles. The third-order valence-corrected chi connectivity index (χ3v) is 20.7. The molecule has 3 fully saturated rings. The quantitative estimate of drug-likeness (QED) is 0.0153. The van der Waals surface area contributed by atoms with Gasteiger partial charge in [-0.15, -0.1) is 0 Å². The predicted octanol–water partition coefficient (Wildman–Crippen LogP) is 15.5. The highest BCUT2D eigenvalue weighted by Crippen LogP contribution is 2.32. The third kappa shape index (κ3) is 23.8. The molecule has 17 rings (SSSR count). The first kappa shape index (κ1) is 87.5. The largest absolute Gasteiger partial charge is 0.488 e. The fraction of sp³-hybridized carbons (Fsp3) is 0.178. The number of nitrogens with zero attached hydrogens (tertiary/aromatic N) is 14. The topological polar surface area (TPSA) is 448 Å². The van der Waals surface area contributed by atoms with Crippen molar-refractivity contribution in [3.8, 4) is 33.8 Å². The lowest BCUT2D eigenvalue weighted by atomic mass is 9.81. The van der Waals surface area contributed by atoms with E-state index < -0.39 is 32.8 Å². The Hall–Kier alpha value is -14.8. The predicted molar refractivity (Wildman–Crippen MR) is 478 cm³/mol. The number of carbonyl (C=O) groups excluding carboxylic acids is 2. The molecule has 0 atom stereocenters. The molecule has 7 aromatic carbocycles. The van der Waals surface area contributed by atoms with Crippen molar-refractivity contribution in [1.82, 2.24) is 40.2 Å². The summed E-state index contributed by atoms with van der Waals surface area (Å²) < 4.78 is 0.487. The summed E-state index contributed by atoms with van der Waals surface area (Å²) in [5, 5.41) is 75.9. The summed E-state index contributed by atoms with van der Waals surface area (Å²) in [5.41, 5.74) is 22.2. The molecule has 0 saturated carbocycles. The second-order valence-corrected chi connectivity index (χ2v) is 29.3. The Labute approximate surface area is 713 Å². The number of nitrogen functional groups attached to an aromatic ring is 2. The minimum absolute atomic E-state index is 0.0636. The van der Waals surface area contributed by atoms with E-state index in [-0.39, 0.29) is 75.7 Å². The Kier molecular flexibility index (Phi) is 30.1. The molecule has 33 heteroatoms. The summed E-state index contributed by atoms with van der Waals surface area (Å²) >= 11 is 3.03. The van der Waals surface area contributed by atoms with Crippen LogP contribution in [0.1, 0.15) is 81.0 Å². The maximum absolute atomic E-state index is 13.1. The lowest BCUT2D eigenvalue weighted by Gasteiger charge is -2.29. The van der Waals surface area contributed by atoms with Crippen LogP contribution in [-0.4, -0.2) is 147 Å².